The molecular formula is C4H10O2SZn. The second-order valence-corrected chi connectivity index (χ2v) is 2.85. The Hall–Kier alpha value is 0.733. The first-order valence-corrected chi connectivity index (χ1v) is 3.45. The van der Waals surface area contributed by atoms with Crippen LogP contribution < -0.4 is 0 Å². The topological polar surface area (TPSA) is 37.3 Å². The van der Waals surface area contributed by atoms with Crippen LogP contribution >= 0.6 is 0 Å². The predicted octanol–water partition coefficient (Wildman–Crippen LogP) is 1.00. The zero-order chi connectivity index (χ0) is 5.86. The van der Waals surface area contributed by atoms with Crippen LogP contribution in [-0.4, -0.2) is 14.0 Å². The molecule has 1 N–H and O–H groups in total. The monoisotopic (exact) mass is 186 g/mol. The number of rotatable bonds is 2. The fourth-order valence-electron chi connectivity index (χ4n) is 0.143. The van der Waals surface area contributed by atoms with Crippen molar-refractivity contribution in [2.75, 3.05) is 0 Å². The fraction of sp³-hybridized carbons (Fsp3) is 1.00. The van der Waals surface area contributed by atoms with Crippen LogP contribution in [0.5, 0.6) is 0 Å². The maximum absolute atomic E-state index is 10.0. The van der Waals surface area contributed by atoms with Gasteiger partial charge in [0.25, 0.3) is 0 Å². The Labute approximate surface area is 65.1 Å². The second kappa shape index (κ2) is 5.86. The molecule has 0 bridgehead atoms. The Morgan fingerprint density at radius 3 is 2.12 bits per heavy atom. The van der Waals surface area contributed by atoms with Gasteiger partial charge in [-0.2, -0.15) is 0 Å². The summed E-state index contributed by atoms with van der Waals surface area (Å²) < 4.78 is 18.3. The van der Waals surface area contributed by atoms with Gasteiger partial charge in [0.15, 0.2) is 11.1 Å². The van der Waals surface area contributed by atoms with Gasteiger partial charge in [-0.05, 0) is 13.3 Å². The Balaban J connectivity index is 0. The van der Waals surface area contributed by atoms with E-state index in [1.807, 2.05) is 6.92 Å². The summed E-state index contributed by atoms with van der Waals surface area (Å²) in [4.78, 5) is 0. The van der Waals surface area contributed by atoms with Gasteiger partial charge in [0, 0.05) is 19.5 Å². The van der Waals surface area contributed by atoms with Gasteiger partial charge in [-0.15, -0.1) is 0 Å². The Kier molecular flexibility index (Phi) is 8.44. The van der Waals surface area contributed by atoms with Gasteiger partial charge in [-0.1, -0.05) is 6.92 Å². The first-order chi connectivity index (χ1) is 3.18. The molecule has 4 heteroatoms. The molecule has 0 aliphatic heterocycles. The van der Waals surface area contributed by atoms with Gasteiger partial charge in [-0.25, -0.2) is 4.21 Å². The molecule has 0 saturated carbocycles. The molecular weight excluding hydrogens is 177 g/mol. The van der Waals surface area contributed by atoms with Crippen LogP contribution in [0.2, 0.25) is 0 Å². The summed E-state index contributed by atoms with van der Waals surface area (Å²) in [5.74, 6) is 0. The van der Waals surface area contributed by atoms with E-state index in [0.717, 1.165) is 6.42 Å². The fourth-order valence-corrected chi connectivity index (χ4v) is 0.428. The molecule has 0 aromatic carbocycles. The largest absolute Gasteiger partial charge is 0.306 e. The van der Waals surface area contributed by atoms with E-state index in [1.165, 1.54) is 0 Å². The first kappa shape index (κ1) is 11.5. The van der Waals surface area contributed by atoms with E-state index in [4.69, 9.17) is 4.55 Å². The molecule has 0 amide bonds. The van der Waals surface area contributed by atoms with Crippen molar-refractivity contribution in [2.45, 2.75) is 25.5 Å². The third-order valence-electron chi connectivity index (χ3n) is 0.919. The van der Waals surface area contributed by atoms with Crippen molar-refractivity contribution < 1.29 is 28.2 Å². The summed E-state index contributed by atoms with van der Waals surface area (Å²) in [7, 11) is 0. The summed E-state index contributed by atoms with van der Waals surface area (Å²) in [6.45, 7) is 3.63. The van der Waals surface area contributed by atoms with Crippen LogP contribution in [0, 0.1) is 0 Å². The maximum Gasteiger partial charge on any atom is 0.155 e. The van der Waals surface area contributed by atoms with Crippen molar-refractivity contribution in [3.63, 3.8) is 0 Å². The van der Waals surface area contributed by atoms with Crippen molar-refractivity contribution in [3.8, 4) is 0 Å². The summed E-state index contributed by atoms with van der Waals surface area (Å²) in [5.41, 5.74) is 0. The van der Waals surface area contributed by atoms with Crippen molar-refractivity contribution >= 4 is 11.1 Å². The first-order valence-electron chi connectivity index (χ1n) is 2.28. The van der Waals surface area contributed by atoms with E-state index >= 15 is 0 Å². The van der Waals surface area contributed by atoms with E-state index in [0.29, 0.717) is 0 Å². The van der Waals surface area contributed by atoms with Gasteiger partial charge >= 0.3 is 0 Å². The van der Waals surface area contributed by atoms with Crippen molar-refractivity contribution in [2.24, 2.45) is 0 Å². The zero-order valence-corrected chi connectivity index (χ0v) is 9.04. The third-order valence-corrected chi connectivity index (χ3v) is 1.94. The van der Waals surface area contributed by atoms with Crippen molar-refractivity contribution in [3.05, 3.63) is 0 Å². The van der Waals surface area contributed by atoms with Crippen LogP contribution in [0.25, 0.3) is 0 Å². The molecule has 2 unspecified atom stereocenters. The summed E-state index contributed by atoms with van der Waals surface area (Å²) in [6, 6.07) is 0. The summed E-state index contributed by atoms with van der Waals surface area (Å²) in [5, 5.41) is -0.0694. The molecule has 0 fully saturated rings. The molecule has 0 aliphatic carbocycles. The van der Waals surface area contributed by atoms with E-state index in [2.05, 4.69) is 0 Å². The molecule has 0 aliphatic rings. The molecule has 2 atom stereocenters. The van der Waals surface area contributed by atoms with Gasteiger partial charge in [0.2, 0.25) is 0 Å². The van der Waals surface area contributed by atoms with Crippen LogP contribution in [0.1, 0.15) is 20.3 Å². The van der Waals surface area contributed by atoms with Crippen molar-refractivity contribution in [1.82, 2.24) is 0 Å². The summed E-state index contributed by atoms with van der Waals surface area (Å²) in [6.07, 6.45) is 0.767. The van der Waals surface area contributed by atoms with E-state index < -0.39 is 11.1 Å². The zero-order valence-electron chi connectivity index (χ0n) is 5.26. The Morgan fingerprint density at radius 2 is 2.12 bits per heavy atom. The Bertz CT molecular complexity index is 76.4. The molecule has 0 aromatic heterocycles. The molecule has 0 radical (unpaired) electrons. The minimum absolute atomic E-state index is 0. The average Bonchev–Trinajstić information content (AvgIpc) is 1.65. The standard InChI is InChI=1S/C4H10O2S.Zn/c1-3-4(2)7(5)6;/h4H,3H2,1-2H3,(H,5,6);. The van der Waals surface area contributed by atoms with Gasteiger partial charge in [-0.3, -0.25) is 0 Å². The van der Waals surface area contributed by atoms with Crippen molar-refractivity contribution in [1.29, 1.82) is 0 Å². The van der Waals surface area contributed by atoms with E-state index in [-0.39, 0.29) is 24.7 Å². The minimum atomic E-state index is -1.61. The third kappa shape index (κ3) is 4.88. The smallest absolute Gasteiger partial charge is 0.155 e. The second-order valence-electron chi connectivity index (χ2n) is 1.50. The van der Waals surface area contributed by atoms with Crippen LogP contribution in [0.3, 0.4) is 0 Å². The van der Waals surface area contributed by atoms with Crippen LogP contribution in [-0.2, 0) is 30.6 Å². The quantitative estimate of drug-likeness (QED) is 0.518. The molecule has 0 rings (SSSR count). The molecule has 0 aromatic rings. The SMILES string of the molecule is CCC(C)S(=O)O.[Zn]. The molecule has 0 heterocycles. The maximum atomic E-state index is 10.0. The molecule has 8 heavy (non-hydrogen) atoms. The van der Waals surface area contributed by atoms with E-state index in [9.17, 15) is 4.21 Å². The number of hydrogen-bond donors (Lipinski definition) is 1. The van der Waals surface area contributed by atoms with Crippen LogP contribution in [0.4, 0.5) is 0 Å². The van der Waals surface area contributed by atoms with Gasteiger partial charge in [0.1, 0.15) is 0 Å². The summed E-state index contributed by atoms with van der Waals surface area (Å²) >= 11 is -1.61. The molecule has 0 saturated heterocycles. The minimum Gasteiger partial charge on any atom is -0.306 e. The predicted molar refractivity (Wildman–Crippen MR) is 30.5 cm³/mol. The molecule has 2 nitrogen and oxygen atoms in total. The van der Waals surface area contributed by atoms with Crippen LogP contribution in [0.15, 0.2) is 0 Å². The van der Waals surface area contributed by atoms with Gasteiger partial charge in [0.05, 0.1) is 5.25 Å². The molecule has 46 valence electrons. The number of hydrogen-bond acceptors (Lipinski definition) is 1. The average molecular weight is 188 g/mol. The molecule has 0 spiro atoms. The Morgan fingerprint density at radius 1 is 1.75 bits per heavy atom. The van der Waals surface area contributed by atoms with Gasteiger partial charge < -0.3 is 4.55 Å². The van der Waals surface area contributed by atoms with E-state index in [1.54, 1.807) is 6.92 Å². The normalized spacial score (nSPS) is 16.4.